The zero-order valence-corrected chi connectivity index (χ0v) is 19.1. The van der Waals surface area contributed by atoms with Crippen LogP contribution in [0.2, 0.25) is 25.7 Å². The lowest BCUT2D eigenvalue weighted by Gasteiger charge is -2.21. The normalized spacial score (nSPS) is 16.8. The van der Waals surface area contributed by atoms with Crippen LogP contribution < -0.4 is 4.90 Å². The molecular weight excluding hydrogens is 372 g/mol. The largest absolute Gasteiger partial charge is 0.361 e. The quantitative estimate of drug-likeness (QED) is 0.348. The maximum Gasteiger partial charge on any atom is 0.134 e. The summed E-state index contributed by atoms with van der Waals surface area (Å²) in [7, 11) is 0.912. The summed E-state index contributed by atoms with van der Waals surface area (Å²) in [5, 5.41) is 4.38. The van der Waals surface area contributed by atoms with Crippen LogP contribution in [-0.4, -0.2) is 48.5 Å². The fourth-order valence-electron chi connectivity index (χ4n) is 3.25. The Morgan fingerprint density at radius 3 is 2.78 bits per heavy atom. The van der Waals surface area contributed by atoms with E-state index in [0.717, 1.165) is 24.7 Å². The second kappa shape index (κ2) is 8.79. The SMILES string of the molecule is CCCSc1cnc2c(c1)C(c1cnn(C)c1)CN2COCC[Si](C)(C)C. The Bertz CT molecular complexity index is 759. The van der Waals surface area contributed by atoms with Crippen molar-refractivity contribution < 1.29 is 4.74 Å². The van der Waals surface area contributed by atoms with Crippen molar-refractivity contribution in [3.8, 4) is 0 Å². The van der Waals surface area contributed by atoms with Crippen molar-refractivity contribution in [3.63, 3.8) is 0 Å². The lowest BCUT2D eigenvalue weighted by Crippen LogP contribution is -2.28. The molecule has 0 radical (unpaired) electrons. The Balaban J connectivity index is 1.76. The summed E-state index contributed by atoms with van der Waals surface area (Å²) in [5.74, 6) is 2.50. The van der Waals surface area contributed by atoms with E-state index in [1.54, 1.807) is 0 Å². The zero-order valence-electron chi connectivity index (χ0n) is 17.2. The fraction of sp³-hybridized carbons (Fsp3) is 0.600. The second-order valence-corrected chi connectivity index (χ2v) is 15.3. The first-order valence-corrected chi connectivity index (χ1v) is 14.5. The van der Waals surface area contributed by atoms with E-state index in [1.165, 1.54) is 28.5 Å². The Kier molecular flexibility index (Phi) is 6.65. The molecule has 2 aromatic heterocycles. The number of nitrogens with zero attached hydrogens (tertiary/aromatic N) is 4. The maximum absolute atomic E-state index is 6.03. The van der Waals surface area contributed by atoms with E-state index in [9.17, 15) is 0 Å². The van der Waals surface area contributed by atoms with Gasteiger partial charge in [-0.15, -0.1) is 11.8 Å². The predicted molar refractivity (Wildman–Crippen MR) is 117 cm³/mol. The number of anilines is 1. The molecule has 0 saturated carbocycles. The van der Waals surface area contributed by atoms with E-state index in [-0.39, 0.29) is 0 Å². The molecule has 0 aromatic carbocycles. The molecule has 148 valence electrons. The van der Waals surface area contributed by atoms with Gasteiger partial charge in [0.25, 0.3) is 0 Å². The Hall–Kier alpha value is -1.31. The summed E-state index contributed by atoms with van der Waals surface area (Å²) < 4.78 is 7.91. The van der Waals surface area contributed by atoms with Crippen LogP contribution in [0.4, 0.5) is 5.82 Å². The predicted octanol–water partition coefficient (Wildman–Crippen LogP) is 4.58. The van der Waals surface area contributed by atoms with Gasteiger partial charge in [-0.2, -0.15) is 5.10 Å². The standard InChI is InChI=1S/C20H32N4OSSi/c1-6-8-26-17-10-18-19(16-11-22-23(2)13-16)14-24(20(18)21-12-17)15-25-7-9-27(3,4)5/h10-13,19H,6-9,14-15H2,1-5H3. The van der Waals surface area contributed by atoms with Crippen LogP contribution in [-0.2, 0) is 11.8 Å². The monoisotopic (exact) mass is 404 g/mol. The molecule has 7 heteroatoms. The van der Waals surface area contributed by atoms with E-state index in [2.05, 4.69) is 48.8 Å². The Morgan fingerprint density at radius 2 is 2.11 bits per heavy atom. The fourth-order valence-corrected chi connectivity index (χ4v) is 4.79. The molecule has 3 rings (SSSR count). The number of pyridine rings is 1. The van der Waals surface area contributed by atoms with Crippen molar-refractivity contribution in [2.75, 3.05) is 30.5 Å². The Labute approximate surface area is 168 Å². The van der Waals surface area contributed by atoms with E-state index in [4.69, 9.17) is 9.72 Å². The number of rotatable bonds is 9. The highest BCUT2D eigenvalue weighted by molar-refractivity contribution is 7.99. The van der Waals surface area contributed by atoms with Gasteiger partial charge in [0.05, 0.1) is 6.20 Å². The molecule has 2 aromatic rings. The summed E-state index contributed by atoms with van der Waals surface area (Å²) >= 11 is 1.89. The minimum atomic E-state index is -1.06. The minimum absolute atomic E-state index is 0.309. The summed E-state index contributed by atoms with van der Waals surface area (Å²) in [4.78, 5) is 8.35. The third-order valence-electron chi connectivity index (χ3n) is 4.79. The highest BCUT2D eigenvalue weighted by Crippen LogP contribution is 2.40. The summed E-state index contributed by atoms with van der Waals surface area (Å²) in [5.41, 5.74) is 2.56. The van der Waals surface area contributed by atoms with Crippen LogP contribution in [0.15, 0.2) is 29.6 Å². The highest BCUT2D eigenvalue weighted by atomic mass is 32.2. The molecule has 1 aliphatic rings. The molecular formula is C20H32N4OSSi. The number of ether oxygens (including phenoxy) is 1. The molecule has 0 bridgehead atoms. The molecule has 0 spiro atoms. The van der Waals surface area contributed by atoms with Gasteiger partial charge in [-0.05, 0) is 29.8 Å². The molecule has 0 fully saturated rings. The third kappa shape index (κ3) is 5.36. The first-order valence-electron chi connectivity index (χ1n) is 9.81. The van der Waals surface area contributed by atoms with Gasteiger partial charge in [-0.3, -0.25) is 4.68 Å². The molecule has 0 saturated heterocycles. The van der Waals surface area contributed by atoms with Crippen LogP contribution in [0.1, 0.15) is 30.4 Å². The molecule has 1 aliphatic heterocycles. The molecule has 27 heavy (non-hydrogen) atoms. The highest BCUT2D eigenvalue weighted by Gasteiger charge is 2.32. The topological polar surface area (TPSA) is 43.2 Å². The maximum atomic E-state index is 6.03. The van der Waals surface area contributed by atoms with E-state index >= 15 is 0 Å². The average Bonchev–Trinajstić information content (AvgIpc) is 3.19. The lowest BCUT2D eigenvalue weighted by molar-refractivity contribution is 0.147. The van der Waals surface area contributed by atoms with Crippen molar-refractivity contribution in [3.05, 3.63) is 35.8 Å². The number of aryl methyl sites for hydroxylation is 1. The first-order chi connectivity index (χ1) is 12.9. The van der Waals surface area contributed by atoms with E-state index in [0.29, 0.717) is 12.6 Å². The van der Waals surface area contributed by atoms with Gasteiger partial charge in [0.1, 0.15) is 12.5 Å². The number of fused-ring (bicyclic) bond motifs is 1. The molecule has 1 unspecified atom stereocenters. The van der Waals surface area contributed by atoms with Gasteiger partial charge in [-0.1, -0.05) is 26.6 Å². The van der Waals surface area contributed by atoms with Crippen molar-refractivity contribution in [1.29, 1.82) is 0 Å². The van der Waals surface area contributed by atoms with Crippen molar-refractivity contribution in [2.45, 2.75) is 49.8 Å². The van der Waals surface area contributed by atoms with Crippen molar-refractivity contribution in [1.82, 2.24) is 14.8 Å². The number of hydrogen-bond donors (Lipinski definition) is 0. The van der Waals surface area contributed by atoms with Crippen molar-refractivity contribution >= 4 is 25.7 Å². The van der Waals surface area contributed by atoms with Crippen LogP contribution >= 0.6 is 11.8 Å². The summed E-state index contributed by atoms with van der Waals surface area (Å²) in [6, 6.07) is 3.52. The van der Waals surface area contributed by atoms with Gasteiger partial charge >= 0.3 is 0 Å². The summed E-state index contributed by atoms with van der Waals surface area (Å²) in [6.07, 6.45) is 7.29. The smallest absolute Gasteiger partial charge is 0.134 e. The molecule has 0 N–H and O–H groups in total. The molecule has 1 atom stereocenters. The van der Waals surface area contributed by atoms with Gasteiger partial charge < -0.3 is 9.64 Å². The van der Waals surface area contributed by atoms with Gasteiger partial charge in [0.2, 0.25) is 0 Å². The number of aromatic nitrogens is 3. The minimum Gasteiger partial charge on any atom is -0.361 e. The van der Waals surface area contributed by atoms with Gasteiger partial charge in [-0.25, -0.2) is 4.98 Å². The molecule has 0 aliphatic carbocycles. The molecule has 0 amide bonds. The van der Waals surface area contributed by atoms with Crippen LogP contribution in [0.3, 0.4) is 0 Å². The first kappa shape index (κ1) is 20.4. The van der Waals surface area contributed by atoms with Crippen LogP contribution in [0.5, 0.6) is 0 Å². The van der Waals surface area contributed by atoms with Crippen LogP contribution in [0.25, 0.3) is 0 Å². The van der Waals surface area contributed by atoms with Gasteiger partial charge in [0, 0.05) is 57.0 Å². The Morgan fingerprint density at radius 1 is 1.30 bits per heavy atom. The second-order valence-electron chi connectivity index (χ2n) is 8.50. The molecule has 5 nitrogen and oxygen atoms in total. The average molecular weight is 405 g/mol. The third-order valence-corrected chi connectivity index (χ3v) is 7.66. The molecule has 3 heterocycles. The number of hydrogen-bond acceptors (Lipinski definition) is 5. The number of thioether (sulfide) groups is 1. The van der Waals surface area contributed by atoms with E-state index < -0.39 is 8.07 Å². The van der Waals surface area contributed by atoms with Crippen LogP contribution in [0, 0.1) is 0 Å². The lowest BCUT2D eigenvalue weighted by atomic mass is 9.97. The summed E-state index contributed by atoms with van der Waals surface area (Å²) in [6.45, 7) is 11.7. The van der Waals surface area contributed by atoms with Crippen molar-refractivity contribution in [2.24, 2.45) is 7.05 Å². The zero-order chi connectivity index (χ0) is 19.4. The van der Waals surface area contributed by atoms with Gasteiger partial charge in [0.15, 0.2) is 0 Å². The van der Waals surface area contributed by atoms with E-state index in [1.807, 2.05) is 35.9 Å².